The van der Waals surface area contributed by atoms with E-state index < -0.39 is 12.6 Å². The maximum absolute atomic E-state index is 12.2. The molecule has 1 unspecified atom stereocenters. The Kier molecular flexibility index (Phi) is 3.83. The van der Waals surface area contributed by atoms with Crippen molar-refractivity contribution in [1.29, 1.82) is 0 Å². The highest BCUT2D eigenvalue weighted by Gasteiger charge is 2.31. The standard InChI is InChI=1S/C14H15F3O2/c1-19-11-2-3-12-10(8-11)6-9(7-13(12)18)4-5-14(15,16)17/h2-3,8-9H,4-7H2,1H3. The maximum Gasteiger partial charge on any atom is 0.389 e. The number of carbonyl (C=O) groups excluding carboxylic acids is 1. The molecule has 0 aromatic heterocycles. The summed E-state index contributed by atoms with van der Waals surface area (Å²) in [7, 11) is 1.52. The molecule has 0 spiro atoms. The Hall–Kier alpha value is -1.52. The highest BCUT2D eigenvalue weighted by Crippen LogP contribution is 2.33. The van der Waals surface area contributed by atoms with Crippen LogP contribution >= 0.6 is 0 Å². The van der Waals surface area contributed by atoms with E-state index in [1.807, 2.05) is 0 Å². The highest BCUT2D eigenvalue weighted by molar-refractivity contribution is 5.98. The number of benzene rings is 1. The third-order valence-corrected chi connectivity index (χ3v) is 3.43. The van der Waals surface area contributed by atoms with E-state index in [1.54, 1.807) is 18.2 Å². The fourth-order valence-electron chi connectivity index (χ4n) is 2.47. The molecule has 0 N–H and O–H groups in total. The molecular weight excluding hydrogens is 257 g/mol. The van der Waals surface area contributed by atoms with Gasteiger partial charge in [0.05, 0.1) is 7.11 Å². The number of Topliss-reactive ketones (excluding diaryl/α,β-unsaturated/α-hetero) is 1. The van der Waals surface area contributed by atoms with Gasteiger partial charge in [-0.3, -0.25) is 4.79 Å². The van der Waals surface area contributed by atoms with Crippen molar-refractivity contribution in [2.75, 3.05) is 7.11 Å². The molecule has 0 saturated carbocycles. The van der Waals surface area contributed by atoms with Crippen LogP contribution in [0.3, 0.4) is 0 Å². The fraction of sp³-hybridized carbons (Fsp3) is 0.500. The smallest absolute Gasteiger partial charge is 0.389 e. The molecule has 1 aromatic rings. The van der Waals surface area contributed by atoms with Crippen LogP contribution in [0.4, 0.5) is 13.2 Å². The Bertz CT molecular complexity index is 480. The number of ketones is 1. The molecule has 0 amide bonds. The highest BCUT2D eigenvalue weighted by atomic mass is 19.4. The van der Waals surface area contributed by atoms with Crippen LogP contribution in [0.25, 0.3) is 0 Å². The summed E-state index contributed by atoms with van der Waals surface area (Å²) in [5.74, 6) is 0.327. The van der Waals surface area contributed by atoms with Gasteiger partial charge in [-0.15, -0.1) is 0 Å². The van der Waals surface area contributed by atoms with Crippen molar-refractivity contribution in [3.63, 3.8) is 0 Å². The molecule has 19 heavy (non-hydrogen) atoms. The molecule has 0 bridgehead atoms. The van der Waals surface area contributed by atoms with Crippen molar-refractivity contribution < 1.29 is 22.7 Å². The van der Waals surface area contributed by atoms with Crippen LogP contribution in [0.1, 0.15) is 35.2 Å². The second-order valence-electron chi connectivity index (χ2n) is 4.87. The van der Waals surface area contributed by atoms with Crippen LogP contribution in [0.2, 0.25) is 0 Å². The number of hydrogen-bond donors (Lipinski definition) is 0. The van der Waals surface area contributed by atoms with Crippen molar-refractivity contribution >= 4 is 5.78 Å². The zero-order chi connectivity index (χ0) is 14.0. The van der Waals surface area contributed by atoms with Gasteiger partial charge in [0.1, 0.15) is 5.75 Å². The molecule has 0 aliphatic heterocycles. The number of hydrogen-bond acceptors (Lipinski definition) is 2. The molecule has 0 saturated heterocycles. The SMILES string of the molecule is COc1ccc2c(c1)CC(CCC(F)(F)F)CC2=O. The van der Waals surface area contributed by atoms with E-state index in [2.05, 4.69) is 0 Å². The molecule has 0 radical (unpaired) electrons. The Morgan fingerprint density at radius 2 is 2.05 bits per heavy atom. The summed E-state index contributed by atoms with van der Waals surface area (Å²) in [5, 5.41) is 0. The average molecular weight is 272 g/mol. The predicted octanol–water partition coefficient (Wildman–Crippen LogP) is 3.78. The molecule has 1 aromatic carbocycles. The number of ether oxygens (including phenoxy) is 1. The van der Waals surface area contributed by atoms with Gasteiger partial charge in [-0.2, -0.15) is 13.2 Å². The second-order valence-corrected chi connectivity index (χ2v) is 4.87. The van der Waals surface area contributed by atoms with Crippen molar-refractivity contribution in [2.24, 2.45) is 5.92 Å². The fourth-order valence-corrected chi connectivity index (χ4v) is 2.47. The molecule has 5 heteroatoms. The van der Waals surface area contributed by atoms with Gasteiger partial charge in [0.2, 0.25) is 0 Å². The number of fused-ring (bicyclic) bond motifs is 1. The number of alkyl halides is 3. The summed E-state index contributed by atoms with van der Waals surface area (Å²) in [6.07, 6.45) is -4.27. The first-order valence-electron chi connectivity index (χ1n) is 6.16. The first-order chi connectivity index (χ1) is 8.89. The van der Waals surface area contributed by atoms with Crippen LogP contribution in [0, 0.1) is 5.92 Å². The molecule has 1 aliphatic rings. The van der Waals surface area contributed by atoms with Gasteiger partial charge < -0.3 is 4.74 Å². The maximum atomic E-state index is 12.2. The minimum absolute atomic E-state index is 0.00584. The summed E-state index contributed by atoms with van der Waals surface area (Å²) in [4.78, 5) is 11.9. The summed E-state index contributed by atoms with van der Waals surface area (Å²) >= 11 is 0. The topological polar surface area (TPSA) is 26.3 Å². The van der Waals surface area contributed by atoms with E-state index in [0.717, 1.165) is 5.56 Å². The normalized spacial score (nSPS) is 19.2. The van der Waals surface area contributed by atoms with Gasteiger partial charge in [0, 0.05) is 18.4 Å². The van der Waals surface area contributed by atoms with Crippen LogP contribution in [0.5, 0.6) is 5.75 Å². The van der Waals surface area contributed by atoms with Gasteiger partial charge in [-0.25, -0.2) is 0 Å². The first-order valence-corrected chi connectivity index (χ1v) is 6.16. The lowest BCUT2D eigenvalue weighted by atomic mass is 9.81. The van der Waals surface area contributed by atoms with E-state index in [0.29, 0.717) is 17.7 Å². The van der Waals surface area contributed by atoms with Gasteiger partial charge in [0.15, 0.2) is 5.78 Å². The minimum Gasteiger partial charge on any atom is -0.497 e. The van der Waals surface area contributed by atoms with Crippen molar-refractivity contribution in [3.8, 4) is 5.75 Å². The number of methoxy groups -OCH3 is 1. The van der Waals surface area contributed by atoms with Crippen LogP contribution in [-0.2, 0) is 6.42 Å². The molecule has 2 rings (SSSR count). The summed E-state index contributed by atoms with van der Waals surface area (Å²) < 4.78 is 41.7. The van der Waals surface area contributed by atoms with Crippen molar-refractivity contribution in [1.82, 2.24) is 0 Å². The zero-order valence-electron chi connectivity index (χ0n) is 10.6. The van der Waals surface area contributed by atoms with E-state index in [-0.39, 0.29) is 24.5 Å². The van der Waals surface area contributed by atoms with E-state index in [4.69, 9.17) is 4.74 Å². The lowest BCUT2D eigenvalue weighted by molar-refractivity contribution is -0.137. The third-order valence-electron chi connectivity index (χ3n) is 3.43. The van der Waals surface area contributed by atoms with Crippen molar-refractivity contribution in [3.05, 3.63) is 29.3 Å². The third kappa shape index (κ3) is 3.49. The zero-order valence-corrected chi connectivity index (χ0v) is 10.6. The molecule has 0 fully saturated rings. The average Bonchev–Trinajstić information content (AvgIpc) is 2.35. The van der Waals surface area contributed by atoms with Gasteiger partial charge in [0.25, 0.3) is 0 Å². The largest absolute Gasteiger partial charge is 0.497 e. The van der Waals surface area contributed by atoms with E-state index >= 15 is 0 Å². The van der Waals surface area contributed by atoms with Gasteiger partial charge >= 0.3 is 6.18 Å². The number of halogens is 3. The number of carbonyl (C=O) groups is 1. The molecule has 1 atom stereocenters. The van der Waals surface area contributed by atoms with E-state index in [9.17, 15) is 18.0 Å². The monoisotopic (exact) mass is 272 g/mol. The quantitative estimate of drug-likeness (QED) is 0.837. The van der Waals surface area contributed by atoms with Crippen molar-refractivity contribution in [2.45, 2.75) is 31.9 Å². The van der Waals surface area contributed by atoms with Gasteiger partial charge in [-0.1, -0.05) is 0 Å². The van der Waals surface area contributed by atoms with Gasteiger partial charge in [-0.05, 0) is 42.5 Å². The summed E-state index contributed by atoms with van der Waals surface area (Å²) in [6.45, 7) is 0. The lowest BCUT2D eigenvalue weighted by Gasteiger charge is -2.24. The molecule has 2 nitrogen and oxygen atoms in total. The lowest BCUT2D eigenvalue weighted by Crippen LogP contribution is -2.22. The van der Waals surface area contributed by atoms with Crippen LogP contribution in [0.15, 0.2) is 18.2 Å². The summed E-state index contributed by atoms with van der Waals surface area (Å²) in [5.41, 5.74) is 1.41. The Labute approximate surface area is 109 Å². The van der Waals surface area contributed by atoms with E-state index in [1.165, 1.54) is 7.11 Å². The summed E-state index contributed by atoms with van der Waals surface area (Å²) in [6, 6.07) is 5.14. The number of rotatable bonds is 3. The second kappa shape index (κ2) is 5.23. The molecule has 1 aliphatic carbocycles. The Morgan fingerprint density at radius 3 is 2.68 bits per heavy atom. The van der Waals surface area contributed by atoms with Crippen LogP contribution in [-0.4, -0.2) is 19.1 Å². The first kappa shape index (κ1) is 13.9. The van der Waals surface area contributed by atoms with Crippen LogP contribution < -0.4 is 4.74 Å². The minimum atomic E-state index is -4.16. The Balaban J connectivity index is 2.11. The Morgan fingerprint density at radius 1 is 1.32 bits per heavy atom. The predicted molar refractivity (Wildman–Crippen MR) is 64.4 cm³/mol. The molecule has 0 heterocycles. The molecular formula is C14H15F3O2. The molecule has 104 valence electrons.